The van der Waals surface area contributed by atoms with Crippen LogP contribution in [0.1, 0.15) is 12.0 Å². The third-order valence-electron chi connectivity index (χ3n) is 3.26. The van der Waals surface area contributed by atoms with Crippen molar-refractivity contribution in [1.29, 1.82) is 0 Å². The minimum absolute atomic E-state index is 0.0488. The van der Waals surface area contributed by atoms with Gasteiger partial charge in [0.1, 0.15) is 5.82 Å². The molecular weight excluding hydrogens is 340 g/mol. The summed E-state index contributed by atoms with van der Waals surface area (Å²) in [5.41, 5.74) is 0.652. The molecular formula is C17H14F4N2O2. The summed E-state index contributed by atoms with van der Waals surface area (Å²) < 4.78 is 49.8. The number of carbonyl (C=O) groups is 2. The number of carbonyl (C=O) groups excluding carboxylic acids is 2. The third kappa shape index (κ3) is 5.59. The molecule has 8 heteroatoms. The molecule has 0 bridgehead atoms. The zero-order chi connectivity index (χ0) is 18.4. The van der Waals surface area contributed by atoms with E-state index in [1.165, 1.54) is 36.4 Å². The number of nitrogens with one attached hydrogen (secondary N) is 2. The van der Waals surface area contributed by atoms with E-state index in [4.69, 9.17) is 0 Å². The molecule has 4 nitrogen and oxygen atoms in total. The summed E-state index contributed by atoms with van der Waals surface area (Å²) in [6.07, 6.45) is -4.64. The van der Waals surface area contributed by atoms with Crippen molar-refractivity contribution in [3.63, 3.8) is 0 Å². The Morgan fingerprint density at radius 2 is 1.44 bits per heavy atom. The van der Waals surface area contributed by atoms with Crippen molar-refractivity contribution in [3.8, 4) is 0 Å². The molecule has 2 amide bonds. The number of aryl methyl sites for hydroxylation is 1. The Labute approximate surface area is 140 Å². The molecule has 2 rings (SSSR count). The SMILES string of the molecule is O=C(CCc1ccc(F)cc1)Nc1ccccc1NC(=O)C(F)(F)F. The predicted octanol–water partition coefficient (Wildman–Crippen LogP) is 3.90. The minimum Gasteiger partial charge on any atom is -0.324 e. The smallest absolute Gasteiger partial charge is 0.324 e. The summed E-state index contributed by atoms with van der Waals surface area (Å²) in [6.45, 7) is 0. The molecule has 0 aliphatic heterocycles. The van der Waals surface area contributed by atoms with E-state index in [1.54, 1.807) is 17.4 Å². The first-order valence-corrected chi connectivity index (χ1v) is 7.27. The van der Waals surface area contributed by atoms with E-state index in [0.29, 0.717) is 6.42 Å². The third-order valence-corrected chi connectivity index (χ3v) is 3.26. The van der Waals surface area contributed by atoms with E-state index < -0.39 is 18.0 Å². The lowest BCUT2D eigenvalue weighted by atomic mass is 10.1. The zero-order valence-electron chi connectivity index (χ0n) is 12.9. The van der Waals surface area contributed by atoms with E-state index in [-0.39, 0.29) is 23.6 Å². The summed E-state index contributed by atoms with van der Waals surface area (Å²) in [6, 6.07) is 11.2. The Morgan fingerprint density at radius 1 is 0.880 bits per heavy atom. The average Bonchev–Trinajstić information content (AvgIpc) is 2.55. The fourth-order valence-electron chi connectivity index (χ4n) is 2.02. The molecule has 0 fully saturated rings. The molecule has 0 aliphatic rings. The Kier molecular flexibility index (Phi) is 5.74. The van der Waals surface area contributed by atoms with Gasteiger partial charge in [0.15, 0.2) is 0 Å². The first kappa shape index (κ1) is 18.4. The number of para-hydroxylation sites is 2. The van der Waals surface area contributed by atoms with Crippen LogP contribution in [0.2, 0.25) is 0 Å². The van der Waals surface area contributed by atoms with Gasteiger partial charge in [-0.3, -0.25) is 9.59 Å². The van der Waals surface area contributed by atoms with E-state index >= 15 is 0 Å². The van der Waals surface area contributed by atoms with Crippen molar-refractivity contribution in [1.82, 2.24) is 0 Å². The van der Waals surface area contributed by atoms with Gasteiger partial charge in [-0.05, 0) is 36.2 Å². The van der Waals surface area contributed by atoms with Crippen molar-refractivity contribution in [2.24, 2.45) is 0 Å². The van der Waals surface area contributed by atoms with Crippen LogP contribution in [0.4, 0.5) is 28.9 Å². The van der Waals surface area contributed by atoms with Gasteiger partial charge < -0.3 is 10.6 Å². The fraction of sp³-hybridized carbons (Fsp3) is 0.176. The molecule has 0 aromatic heterocycles. The maximum absolute atomic E-state index is 12.8. The molecule has 0 radical (unpaired) electrons. The summed E-state index contributed by atoms with van der Waals surface area (Å²) in [5, 5.41) is 4.17. The highest BCUT2D eigenvalue weighted by Crippen LogP contribution is 2.24. The monoisotopic (exact) mass is 354 g/mol. The lowest BCUT2D eigenvalue weighted by molar-refractivity contribution is -0.167. The zero-order valence-corrected chi connectivity index (χ0v) is 12.9. The summed E-state index contributed by atoms with van der Waals surface area (Å²) >= 11 is 0. The number of anilines is 2. The molecule has 0 saturated heterocycles. The molecule has 0 atom stereocenters. The van der Waals surface area contributed by atoms with Crippen LogP contribution < -0.4 is 10.6 Å². The molecule has 0 saturated carbocycles. The molecule has 25 heavy (non-hydrogen) atoms. The van der Waals surface area contributed by atoms with Gasteiger partial charge in [0.25, 0.3) is 0 Å². The van der Waals surface area contributed by atoms with Gasteiger partial charge in [-0.25, -0.2) is 4.39 Å². The molecule has 0 heterocycles. The van der Waals surface area contributed by atoms with Crippen molar-refractivity contribution < 1.29 is 27.2 Å². The molecule has 132 valence electrons. The Bertz CT molecular complexity index is 758. The van der Waals surface area contributed by atoms with E-state index in [9.17, 15) is 27.2 Å². The number of rotatable bonds is 5. The van der Waals surface area contributed by atoms with Crippen LogP contribution in [0, 0.1) is 5.82 Å². The lowest BCUT2D eigenvalue weighted by Crippen LogP contribution is -2.30. The van der Waals surface area contributed by atoms with E-state index in [0.717, 1.165) is 5.56 Å². The Morgan fingerprint density at radius 3 is 2.00 bits per heavy atom. The number of hydrogen-bond acceptors (Lipinski definition) is 2. The summed E-state index contributed by atoms with van der Waals surface area (Å²) in [5.74, 6) is -2.96. The molecule has 0 unspecified atom stereocenters. The van der Waals surface area contributed by atoms with E-state index in [2.05, 4.69) is 5.32 Å². The Hall–Kier alpha value is -2.90. The quantitative estimate of drug-likeness (QED) is 0.800. The summed E-state index contributed by atoms with van der Waals surface area (Å²) in [4.78, 5) is 23.0. The van der Waals surface area contributed by atoms with Gasteiger partial charge in [0.05, 0.1) is 11.4 Å². The van der Waals surface area contributed by atoms with Crippen molar-refractivity contribution in [3.05, 3.63) is 59.9 Å². The van der Waals surface area contributed by atoms with Crippen LogP contribution in [0.5, 0.6) is 0 Å². The first-order chi connectivity index (χ1) is 11.8. The number of hydrogen-bond donors (Lipinski definition) is 2. The van der Waals surface area contributed by atoms with Gasteiger partial charge in [-0.2, -0.15) is 13.2 Å². The van der Waals surface area contributed by atoms with Crippen molar-refractivity contribution in [2.75, 3.05) is 10.6 Å². The number of benzene rings is 2. The number of alkyl halides is 3. The second-order valence-electron chi connectivity index (χ2n) is 5.17. The highest BCUT2D eigenvalue weighted by molar-refractivity contribution is 6.01. The maximum atomic E-state index is 12.8. The number of amides is 2. The van der Waals surface area contributed by atoms with Crippen molar-refractivity contribution in [2.45, 2.75) is 19.0 Å². The first-order valence-electron chi connectivity index (χ1n) is 7.27. The fourth-order valence-corrected chi connectivity index (χ4v) is 2.02. The Balaban J connectivity index is 1.98. The van der Waals surface area contributed by atoms with Gasteiger partial charge in [-0.15, -0.1) is 0 Å². The van der Waals surface area contributed by atoms with E-state index in [1.807, 2.05) is 0 Å². The molecule has 2 aromatic rings. The van der Waals surface area contributed by atoms with Crippen LogP contribution >= 0.6 is 0 Å². The minimum atomic E-state index is -5.03. The predicted molar refractivity (Wildman–Crippen MR) is 84.5 cm³/mol. The van der Waals surface area contributed by atoms with Gasteiger partial charge in [-0.1, -0.05) is 24.3 Å². The normalized spacial score (nSPS) is 11.0. The topological polar surface area (TPSA) is 58.2 Å². The molecule has 0 spiro atoms. The molecule has 2 N–H and O–H groups in total. The number of halogens is 4. The maximum Gasteiger partial charge on any atom is 0.471 e. The van der Waals surface area contributed by atoms with Crippen molar-refractivity contribution >= 4 is 23.2 Å². The van der Waals surface area contributed by atoms with Crippen LogP contribution in [-0.2, 0) is 16.0 Å². The second kappa shape index (κ2) is 7.78. The van der Waals surface area contributed by atoms with Gasteiger partial charge in [0, 0.05) is 6.42 Å². The summed E-state index contributed by atoms with van der Waals surface area (Å²) in [7, 11) is 0. The van der Waals surface area contributed by atoms with Crippen LogP contribution in [0.25, 0.3) is 0 Å². The molecule has 0 aliphatic carbocycles. The lowest BCUT2D eigenvalue weighted by Gasteiger charge is -2.13. The van der Waals surface area contributed by atoms with Crippen LogP contribution in [0.15, 0.2) is 48.5 Å². The van der Waals surface area contributed by atoms with Crippen LogP contribution in [-0.4, -0.2) is 18.0 Å². The average molecular weight is 354 g/mol. The largest absolute Gasteiger partial charge is 0.471 e. The van der Waals surface area contributed by atoms with Gasteiger partial charge in [0.2, 0.25) is 5.91 Å². The standard InChI is InChI=1S/C17H14F4N2O2/c18-12-8-5-11(6-9-12)7-10-15(24)22-13-3-1-2-4-14(13)23-16(25)17(19,20)21/h1-6,8-9H,7,10H2,(H,22,24)(H,23,25). The van der Waals surface area contributed by atoms with Crippen LogP contribution in [0.3, 0.4) is 0 Å². The highest BCUT2D eigenvalue weighted by Gasteiger charge is 2.39. The highest BCUT2D eigenvalue weighted by atomic mass is 19.4. The molecule has 2 aromatic carbocycles. The van der Waals surface area contributed by atoms with Gasteiger partial charge >= 0.3 is 12.1 Å². The second-order valence-corrected chi connectivity index (χ2v) is 5.17.